The van der Waals surface area contributed by atoms with Crippen LogP contribution in [0.3, 0.4) is 0 Å². The number of hydrogen-bond acceptors (Lipinski definition) is 3. The van der Waals surface area contributed by atoms with Crippen molar-refractivity contribution in [2.75, 3.05) is 19.8 Å². The van der Waals surface area contributed by atoms with Crippen molar-refractivity contribution in [1.29, 1.82) is 0 Å². The lowest BCUT2D eigenvalue weighted by molar-refractivity contribution is -0.139. The Morgan fingerprint density at radius 1 is 1.20 bits per heavy atom. The lowest BCUT2D eigenvalue weighted by atomic mass is 10.1. The molecule has 0 spiro atoms. The van der Waals surface area contributed by atoms with Crippen LogP contribution in [0.5, 0.6) is 0 Å². The summed E-state index contributed by atoms with van der Waals surface area (Å²) in [6.07, 6.45) is 2.68. The molecule has 0 aliphatic heterocycles. The Hall–Kier alpha value is -1.39. The van der Waals surface area contributed by atoms with E-state index in [4.69, 9.17) is 0 Å². The summed E-state index contributed by atoms with van der Waals surface area (Å²) in [6, 6.07) is 9.22. The SMILES string of the molecule is CCCN(CCC)CNC(Cc1ccccc1)C(=O)O. The standard InChI is InChI=1S/C16H26N2O2/c1-3-10-18(11-4-2)13-17-15(16(19)20)12-14-8-6-5-7-9-14/h5-9,15,17H,3-4,10-13H2,1-2H3,(H,19,20). The first kappa shape index (κ1) is 16.7. The summed E-state index contributed by atoms with van der Waals surface area (Å²) in [4.78, 5) is 13.6. The summed E-state index contributed by atoms with van der Waals surface area (Å²) in [5.74, 6) is -0.790. The van der Waals surface area contributed by atoms with E-state index in [2.05, 4.69) is 24.1 Å². The molecule has 0 bridgehead atoms. The first-order valence-corrected chi connectivity index (χ1v) is 7.39. The fourth-order valence-electron chi connectivity index (χ4n) is 2.24. The fourth-order valence-corrected chi connectivity index (χ4v) is 2.24. The van der Waals surface area contributed by atoms with Gasteiger partial charge in [0, 0.05) is 6.67 Å². The monoisotopic (exact) mass is 278 g/mol. The lowest BCUT2D eigenvalue weighted by Crippen LogP contribution is -2.45. The molecule has 1 atom stereocenters. The van der Waals surface area contributed by atoms with Gasteiger partial charge in [0.25, 0.3) is 0 Å². The van der Waals surface area contributed by atoms with Gasteiger partial charge in [-0.15, -0.1) is 0 Å². The quantitative estimate of drug-likeness (QED) is 0.645. The third-order valence-electron chi connectivity index (χ3n) is 3.22. The Morgan fingerprint density at radius 2 is 1.80 bits per heavy atom. The molecule has 0 saturated carbocycles. The number of nitrogens with one attached hydrogen (secondary N) is 1. The van der Waals surface area contributed by atoms with E-state index in [0.29, 0.717) is 13.1 Å². The number of carboxylic acid groups (broad SMARTS) is 1. The highest BCUT2D eigenvalue weighted by Crippen LogP contribution is 2.04. The number of carbonyl (C=O) groups is 1. The molecule has 0 amide bonds. The Balaban J connectivity index is 2.52. The first-order valence-electron chi connectivity index (χ1n) is 7.39. The van der Waals surface area contributed by atoms with Crippen molar-refractivity contribution in [2.45, 2.75) is 39.2 Å². The number of hydrogen-bond donors (Lipinski definition) is 2. The second kappa shape index (κ2) is 9.50. The number of carboxylic acids is 1. The highest BCUT2D eigenvalue weighted by molar-refractivity contribution is 5.73. The van der Waals surface area contributed by atoms with Crippen molar-refractivity contribution in [3.63, 3.8) is 0 Å². The van der Waals surface area contributed by atoms with Crippen LogP contribution in [0.15, 0.2) is 30.3 Å². The van der Waals surface area contributed by atoms with Crippen LogP contribution < -0.4 is 5.32 Å². The van der Waals surface area contributed by atoms with Crippen LogP contribution in [-0.2, 0) is 11.2 Å². The van der Waals surface area contributed by atoms with Crippen molar-refractivity contribution in [2.24, 2.45) is 0 Å². The van der Waals surface area contributed by atoms with E-state index >= 15 is 0 Å². The molecule has 0 aliphatic carbocycles. The molecule has 0 aromatic heterocycles. The zero-order chi connectivity index (χ0) is 14.8. The Bertz CT molecular complexity index is 375. The van der Waals surface area contributed by atoms with Gasteiger partial charge < -0.3 is 5.11 Å². The molecule has 0 radical (unpaired) electrons. The smallest absolute Gasteiger partial charge is 0.321 e. The first-order chi connectivity index (χ1) is 9.67. The van der Waals surface area contributed by atoms with Gasteiger partial charge >= 0.3 is 5.97 Å². The van der Waals surface area contributed by atoms with Gasteiger partial charge in [0.15, 0.2) is 0 Å². The summed E-state index contributed by atoms with van der Waals surface area (Å²) in [7, 11) is 0. The molecule has 0 fully saturated rings. The largest absolute Gasteiger partial charge is 0.480 e. The molecule has 112 valence electrons. The van der Waals surface area contributed by atoms with E-state index < -0.39 is 12.0 Å². The predicted octanol–water partition coefficient (Wildman–Crippen LogP) is 2.35. The zero-order valence-corrected chi connectivity index (χ0v) is 12.5. The second-order valence-electron chi connectivity index (χ2n) is 5.06. The van der Waals surface area contributed by atoms with E-state index in [-0.39, 0.29) is 0 Å². The Kier molecular flexibility index (Phi) is 7.92. The highest BCUT2D eigenvalue weighted by Gasteiger charge is 2.18. The summed E-state index contributed by atoms with van der Waals surface area (Å²) in [6.45, 7) is 6.91. The summed E-state index contributed by atoms with van der Waals surface area (Å²) in [5, 5.41) is 12.5. The average molecular weight is 278 g/mol. The molecule has 1 aromatic rings. The topological polar surface area (TPSA) is 52.6 Å². The summed E-state index contributed by atoms with van der Waals surface area (Å²) < 4.78 is 0. The Morgan fingerprint density at radius 3 is 2.30 bits per heavy atom. The van der Waals surface area contributed by atoms with Crippen LogP contribution in [-0.4, -0.2) is 41.8 Å². The zero-order valence-electron chi connectivity index (χ0n) is 12.5. The minimum absolute atomic E-state index is 0.516. The van der Waals surface area contributed by atoms with Gasteiger partial charge in [-0.25, -0.2) is 0 Å². The van der Waals surface area contributed by atoms with Crippen LogP contribution in [0, 0.1) is 0 Å². The molecule has 20 heavy (non-hydrogen) atoms. The maximum Gasteiger partial charge on any atom is 0.321 e. The molecule has 0 saturated heterocycles. The predicted molar refractivity (Wildman–Crippen MR) is 81.7 cm³/mol. The molecule has 1 rings (SSSR count). The van der Waals surface area contributed by atoms with E-state index in [1.54, 1.807) is 0 Å². The van der Waals surface area contributed by atoms with Crippen molar-refractivity contribution in [3.05, 3.63) is 35.9 Å². The highest BCUT2D eigenvalue weighted by atomic mass is 16.4. The van der Waals surface area contributed by atoms with Crippen LogP contribution in [0.2, 0.25) is 0 Å². The van der Waals surface area contributed by atoms with Gasteiger partial charge in [-0.3, -0.25) is 15.0 Å². The normalized spacial score (nSPS) is 12.6. The summed E-state index contributed by atoms with van der Waals surface area (Å²) >= 11 is 0. The van der Waals surface area contributed by atoms with Crippen molar-refractivity contribution in [3.8, 4) is 0 Å². The van der Waals surface area contributed by atoms with E-state index in [9.17, 15) is 9.90 Å². The average Bonchev–Trinajstić information content (AvgIpc) is 2.44. The van der Waals surface area contributed by atoms with Gasteiger partial charge in [-0.05, 0) is 37.9 Å². The molecule has 2 N–H and O–H groups in total. The van der Waals surface area contributed by atoms with Gasteiger partial charge in [-0.1, -0.05) is 44.2 Å². The van der Waals surface area contributed by atoms with Gasteiger partial charge in [-0.2, -0.15) is 0 Å². The van der Waals surface area contributed by atoms with Crippen LogP contribution in [0.1, 0.15) is 32.3 Å². The molecular formula is C16H26N2O2. The van der Waals surface area contributed by atoms with Crippen molar-refractivity contribution >= 4 is 5.97 Å². The van der Waals surface area contributed by atoms with Crippen LogP contribution in [0.4, 0.5) is 0 Å². The summed E-state index contributed by atoms with van der Waals surface area (Å²) in [5.41, 5.74) is 1.05. The van der Waals surface area contributed by atoms with Crippen molar-refractivity contribution < 1.29 is 9.90 Å². The third-order valence-corrected chi connectivity index (χ3v) is 3.22. The number of rotatable bonds is 10. The Labute approximate surface area is 121 Å². The molecular weight excluding hydrogens is 252 g/mol. The molecule has 0 heterocycles. The molecule has 4 nitrogen and oxygen atoms in total. The van der Waals surface area contributed by atoms with Crippen LogP contribution in [0.25, 0.3) is 0 Å². The van der Waals surface area contributed by atoms with Gasteiger partial charge in [0.05, 0.1) is 0 Å². The fraction of sp³-hybridized carbons (Fsp3) is 0.562. The van der Waals surface area contributed by atoms with Gasteiger partial charge in [0.1, 0.15) is 6.04 Å². The lowest BCUT2D eigenvalue weighted by Gasteiger charge is -2.24. The third kappa shape index (κ3) is 6.17. The maximum absolute atomic E-state index is 11.4. The van der Waals surface area contributed by atoms with Crippen molar-refractivity contribution in [1.82, 2.24) is 10.2 Å². The molecule has 0 aliphatic rings. The molecule has 1 unspecified atom stereocenters. The maximum atomic E-state index is 11.4. The van der Waals surface area contributed by atoms with E-state index in [1.165, 1.54) is 0 Å². The van der Waals surface area contributed by atoms with Crippen LogP contribution >= 0.6 is 0 Å². The van der Waals surface area contributed by atoms with Gasteiger partial charge in [0.2, 0.25) is 0 Å². The molecule has 4 heteroatoms. The minimum atomic E-state index is -0.790. The minimum Gasteiger partial charge on any atom is -0.480 e. The number of aliphatic carboxylic acids is 1. The number of benzene rings is 1. The van der Waals surface area contributed by atoms with E-state index in [1.807, 2.05) is 30.3 Å². The molecule has 1 aromatic carbocycles. The van der Waals surface area contributed by atoms with E-state index in [0.717, 1.165) is 31.5 Å². The second-order valence-corrected chi connectivity index (χ2v) is 5.06. The number of nitrogens with zero attached hydrogens (tertiary/aromatic N) is 1.